The van der Waals surface area contributed by atoms with Gasteiger partial charge >= 0.3 is 0 Å². The number of nitrogens with one attached hydrogen (secondary N) is 2. The predicted octanol–water partition coefficient (Wildman–Crippen LogP) is 0.468. The molecular weight excluding hydrogens is 176 g/mol. The molecule has 2 N–H and O–H groups in total. The van der Waals surface area contributed by atoms with E-state index < -0.39 is 0 Å². The van der Waals surface area contributed by atoms with Gasteiger partial charge in [-0.3, -0.25) is 0 Å². The van der Waals surface area contributed by atoms with Crippen molar-refractivity contribution in [3.8, 4) is 0 Å². The van der Waals surface area contributed by atoms with Gasteiger partial charge in [0.25, 0.3) is 0 Å². The van der Waals surface area contributed by atoms with Crippen LogP contribution >= 0.6 is 0 Å². The molecule has 0 bridgehead atoms. The SMILES string of the molecule is C[C@@H]1CNC[C@H]1CNCC1CCOC1. The van der Waals surface area contributed by atoms with Gasteiger partial charge < -0.3 is 15.4 Å². The quantitative estimate of drug-likeness (QED) is 0.689. The fourth-order valence-electron chi connectivity index (χ4n) is 2.35. The molecule has 0 aromatic carbocycles. The lowest BCUT2D eigenvalue weighted by molar-refractivity contribution is 0.185. The molecule has 3 heteroatoms. The maximum atomic E-state index is 5.35. The minimum Gasteiger partial charge on any atom is -0.381 e. The highest BCUT2D eigenvalue weighted by Crippen LogP contribution is 2.15. The molecule has 14 heavy (non-hydrogen) atoms. The normalized spacial score (nSPS) is 37.9. The highest BCUT2D eigenvalue weighted by molar-refractivity contribution is 4.80. The number of rotatable bonds is 4. The smallest absolute Gasteiger partial charge is 0.0507 e. The van der Waals surface area contributed by atoms with E-state index in [1.165, 1.54) is 26.1 Å². The van der Waals surface area contributed by atoms with Crippen molar-refractivity contribution >= 4 is 0 Å². The van der Waals surface area contributed by atoms with E-state index >= 15 is 0 Å². The fourth-order valence-corrected chi connectivity index (χ4v) is 2.35. The van der Waals surface area contributed by atoms with Gasteiger partial charge in [-0.1, -0.05) is 6.92 Å². The van der Waals surface area contributed by atoms with E-state index in [0.717, 1.165) is 37.5 Å². The first-order valence-corrected chi connectivity index (χ1v) is 5.85. The third-order valence-corrected chi connectivity index (χ3v) is 3.54. The summed E-state index contributed by atoms with van der Waals surface area (Å²) in [6.07, 6.45) is 1.24. The van der Waals surface area contributed by atoms with Crippen molar-refractivity contribution in [2.45, 2.75) is 13.3 Å². The summed E-state index contributed by atoms with van der Waals surface area (Å²) in [4.78, 5) is 0. The van der Waals surface area contributed by atoms with Crippen LogP contribution in [0.3, 0.4) is 0 Å². The summed E-state index contributed by atoms with van der Waals surface area (Å²) in [5.41, 5.74) is 0. The molecule has 82 valence electrons. The van der Waals surface area contributed by atoms with Gasteiger partial charge in [0.1, 0.15) is 0 Å². The molecule has 2 aliphatic rings. The zero-order valence-electron chi connectivity index (χ0n) is 9.09. The monoisotopic (exact) mass is 198 g/mol. The Hall–Kier alpha value is -0.120. The summed E-state index contributed by atoms with van der Waals surface area (Å²) in [6.45, 7) is 8.96. The molecule has 2 heterocycles. The van der Waals surface area contributed by atoms with Crippen LogP contribution in [0.1, 0.15) is 13.3 Å². The Morgan fingerprint density at radius 3 is 2.93 bits per heavy atom. The summed E-state index contributed by atoms with van der Waals surface area (Å²) < 4.78 is 5.35. The topological polar surface area (TPSA) is 33.3 Å². The molecule has 0 amide bonds. The largest absolute Gasteiger partial charge is 0.381 e. The highest BCUT2D eigenvalue weighted by Gasteiger charge is 2.23. The number of hydrogen-bond donors (Lipinski definition) is 2. The average molecular weight is 198 g/mol. The van der Waals surface area contributed by atoms with Crippen LogP contribution in [0.5, 0.6) is 0 Å². The standard InChI is InChI=1S/C11H22N2O/c1-9-4-12-6-11(9)7-13-5-10-2-3-14-8-10/h9-13H,2-8H2,1H3/t9-,10?,11+/m1/s1. The minimum absolute atomic E-state index is 0.764. The maximum absolute atomic E-state index is 5.35. The molecular formula is C11H22N2O. The molecule has 2 rings (SSSR count). The average Bonchev–Trinajstić information content (AvgIpc) is 2.78. The van der Waals surface area contributed by atoms with Crippen molar-refractivity contribution in [2.24, 2.45) is 17.8 Å². The molecule has 2 aliphatic heterocycles. The third kappa shape index (κ3) is 2.69. The Bertz CT molecular complexity index is 169. The molecule has 0 aliphatic carbocycles. The van der Waals surface area contributed by atoms with E-state index in [0.29, 0.717) is 0 Å². The van der Waals surface area contributed by atoms with Gasteiger partial charge in [0.05, 0.1) is 6.61 Å². The third-order valence-electron chi connectivity index (χ3n) is 3.54. The maximum Gasteiger partial charge on any atom is 0.0507 e. The van der Waals surface area contributed by atoms with E-state index in [1.807, 2.05) is 0 Å². The molecule has 2 saturated heterocycles. The van der Waals surface area contributed by atoms with Gasteiger partial charge in [-0.2, -0.15) is 0 Å². The van der Waals surface area contributed by atoms with Crippen LogP contribution in [0.25, 0.3) is 0 Å². The summed E-state index contributed by atoms with van der Waals surface area (Å²) in [7, 11) is 0. The van der Waals surface area contributed by atoms with Crippen molar-refractivity contribution in [3.05, 3.63) is 0 Å². The molecule has 1 unspecified atom stereocenters. The van der Waals surface area contributed by atoms with E-state index in [9.17, 15) is 0 Å². The summed E-state index contributed by atoms with van der Waals surface area (Å²) in [5, 5.41) is 7.02. The van der Waals surface area contributed by atoms with Crippen molar-refractivity contribution in [1.82, 2.24) is 10.6 Å². The van der Waals surface area contributed by atoms with E-state index in [-0.39, 0.29) is 0 Å². The Morgan fingerprint density at radius 2 is 2.29 bits per heavy atom. The molecule has 0 saturated carbocycles. The molecule has 0 aromatic rings. The lowest BCUT2D eigenvalue weighted by Gasteiger charge is -2.16. The van der Waals surface area contributed by atoms with Crippen LogP contribution in [-0.4, -0.2) is 39.4 Å². The molecule has 0 aromatic heterocycles. The van der Waals surface area contributed by atoms with Gasteiger partial charge in [-0.25, -0.2) is 0 Å². The second kappa shape index (κ2) is 5.10. The van der Waals surface area contributed by atoms with Crippen molar-refractivity contribution in [1.29, 1.82) is 0 Å². The Labute approximate surface area is 86.6 Å². The van der Waals surface area contributed by atoms with Crippen LogP contribution in [0.4, 0.5) is 0 Å². The lowest BCUT2D eigenvalue weighted by Crippen LogP contribution is -2.31. The first-order valence-electron chi connectivity index (χ1n) is 5.85. The van der Waals surface area contributed by atoms with Crippen LogP contribution < -0.4 is 10.6 Å². The van der Waals surface area contributed by atoms with Gasteiger partial charge in [-0.15, -0.1) is 0 Å². The van der Waals surface area contributed by atoms with Gasteiger partial charge in [0.2, 0.25) is 0 Å². The van der Waals surface area contributed by atoms with Crippen molar-refractivity contribution < 1.29 is 4.74 Å². The van der Waals surface area contributed by atoms with Gasteiger partial charge in [0, 0.05) is 13.2 Å². The Balaban J connectivity index is 1.57. The fraction of sp³-hybridized carbons (Fsp3) is 1.00. The molecule has 2 fully saturated rings. The molecule has 3 nitrogen and oxygen atoms in total. The predicted molar refractivity (Wildman–Crippen MR) is 57.3 cm³/mol. The first kappa shape index (κ1) is 10.4. The Morgan fingerprint density at radius 1 is 1.36 bits per heavy atom. The highest BCUT2D eigenvalue weighted by atomic mass is 16.5. The lowest BCUT2D eigenvalue weighted by atomic mass is 9.98. The van der Waals surface area contributed by atoms with Crippen LogP contribution in [0.2, 0.25) is 0 Å². The number of ether oxygens (including phenoxy) is 1. The zero-order valence-corrected chi connectivity index (χ0v) is 9.09. The summed E-state index contributed by atoms with van der Waals surface area (Å²) in [6, 6.07) is 0. The van der Waals surface area contributed by atoms with Crippen LogP contribution in [0, 0.1) is 17.8 Å². The van der Waals surface area contributed by atoms with E-state index in [2.05, 4.69) is 17.6 Å². The van der Waals surface area contributed by atoms with Crippen molar-refractivity contribution in [3.63, 3.8) is 0 Å². The molecule has 0 spiro atoms. The van der Waals surface area contributed by atoms with Gasteiger partial charge in [0.15, 0.2) is 0 Å². The second-order valence-electron chi connectivity index (χ2n) is 4.78. The van der Waals surface area contributed by atoms with Gasteiger partial charge in [-0.05, 0) is 43.8 Å². The van der Waals surface area contributed by atoms with Crippen LogP contribution in [-0.2, 0) is 4.74 Å². The Kier molecular flexibility index (Phi) is 3.79. The summed E-state index contributed by atoms with van der Waals surface area (Å²) >= 11 is 0. The van der Waals surface area contributed by atoms with Crippen LogP contribution in [0.15, 0.2) is 0 Å². The molecule has 0 radical (unpaired) electrons. The first-order chi connectivity index (χ1) is 6.86. The zero-order chi connectivity index (χ0) is 9.80. The summed E-state index contributed by atoms with van der Waals surface area (Å²) in [5.74, 6) is 2.43. The van der Waals surface area contributed by atoms with E-state index in [1.54, 1.807) is 0 Å². The number of hydrogen-bond acceptors (Lipinski definition) is 3. The second-order valence-corrected chi connectivity index (χ2v) is 4.78. The van der Waals surface area contributed by atoms with Crippen molar-refractivity contribution in [2.75, 3.05) is 39.4 Å². The van der Waals surface area contributed by atoms with E-state index in [4.69, 9.17) is 4.74 Å². The molecule has 3 atom stereocenters. The minimum atomic E-state index is 0.764.